The molecule has 1 aromatic rings. The van der Waals surface area contributed by atoms with E-state index in [0.717, 1.165) is 12.8 Å². The predicted molar refractivity (Wildman–Crippen MR) is 62.4 cm³/mol. The zero-order chi connectivity index (χ0) is 13.1. The first-order valence-corrected chi connectivity index (χ1v) is 5.69. The SMILES string of the molecule is CC(OC(=O)Oc1ccc([N+](=O)[O-])cc1)C1CC1. The van der Waals surface area contributed by atoms with E-state index < -0.39 is 11.1 Å². The van der Waals surface area contributed by atoms with Crippen molar-refractivity contribution in [2.75, 3.05) is 0 Å². The van der Waals surface area contributed by atoms with E-state index in [1.54, 1.807) is 0 Å². The fraction of sp³-hybridized carbons (Fsp3) is 0.417. The van der Waals surface area contributed by atoms with Crippen LogP contribution in [-0.4, -0.2) is 17.2 Å². The molecule has 1 fully saturated rings. The summed E-state index contributed by atoms with van der Waals surface area (Å²) < 4.78 is 9.97. The van der Waals surface area contributed by atoms with Crippen LogP contribution < -0.4 is 4.74 Å². The summed E-state index contributed by atoms with van der Waals surface area (Å²) in [5.41, 5.74) is -0.0536. The van der Waals surface area contributed by atoms with Crippen LogP contribution in [0.25, 0.3) is 0 Å². The molecule has 0 bridgehead atoms. The Balaban J connectivity index is 1.88. The molecule has 18 heavy (non-hydrogen) atoms. The van der Waals surface area contributed by atoms with Crippen LogP contribution in [-0.2, 0) is 4.74 Å². The van der Waals surface area contributed by atoms with Gasteiger partial charge in [-0.3, -0.25) is 10.1 Å². The molecule has 1 saturated carbocycles. The number of hydrogen-bond acceptors (Lipinski definition) is 5. The minimum Gasteiger partial charge on any atom is -0.431 e. The Morgan fingerprint density at radius 3 is 2.50 bits per heavy atom. The standard InChI is InChI=1S/C12H13NO5/c1-8(9-2-3-9)17-12(14)18-11-6-4-10(5-7-11)13(15)16/h4-9H,2-3H2,1H3. The fourth-order valence-electron chi connectivity index (χ4n) is 1.57. The van der Waals surface area contributed by atoms with E-state index in [4.69, 9.17) is 9.47 Å². The summed E-state index contributed by atoms with van der Waals surface area (Å²) in [7, 11) is 0. The smallest absolute Gasteiger partial charge is 0.431 e. The average Bonchev–Trinajstić information content (AvgIpc) is 3.13. The molecule has 0 aliphatic heterocycles. The van der Waals surface area contributed by atoms with Gasteiger partial charge in [-0.05, 0) is 37.8 Å². The van der Waals surface area contributed by atoms with Crippen molar-refractivity contribution < 1.29 is 19.2 Å². The van der Waals surface area contributed by atoms with Crippen LogP contribution in [0.15, 0.2) is 24.3 Å². The van der Waals surface area contributed by atoms with Gasteiger partial charge in [-0.2, -0.15) is 0 Å². The number of carbonyl (C=O) groups excluding carboxylic acids is 1. The zero-order valence-corrected chi connectivity index (χ0v) is 9.87. The average molecular weight is 251 g/mol. The van der Waals surface area contributed by atoms with Gasteiger partial charge in [0.15, 0.2) is 0 Å². The van der Waals surface area contributed by atoms with Crippen LogP contribution in [0.2, 0.25) is 0 Å². The minimum absolute atomic E-state index is 0.0536. The molecule has 1 unspecified atom stereocenters. The van der Waals surface area contributed by atoms with E-state index in [-0.39, 0.29) is 17.5 Å². The van der Waals surface area contributed by atoms with Crippen LogP contribution >= 0.6 is 0 Å². The van der Waals surface area contributed by atoms with E-state index in [1.807, 2.05) is 6.92 Å². The molecule has 0 radical (unpaired) electrons. The second-order valence-electron chi connectivity index (χ2n) is 4.26. The Morgan fingerprint density at radius 2 is 2.00 bits per heavy atom. The van der Waals surface area contributed by atoms with Crippen molar-refractivity contribution in [3.63, 3.8) is 0 Å². The number of carbonyl (C=O) groups is 1. The number of nitrogens with zero attached hydrogens (tertiary/aromatic N) is 1. The second kappa shape index (κ2) is 5.03. The van der Waals surface area contributed by atoms with E-state index in [0.29, 0.717) is 5.92 Å². The van der Waals surface area contributed by atoms with Crippen LogP contribution in [0, 0.1) is 16.0 Å². The number of benzene rings is 1. The molecule has 0 aromatic heterocycles. The van der Waals surface area contributed by atoms with Gasteiger partial charge >= 0.3 is 6.16 Å². The van der Waals surface area contributed by atoms with E-state index in [1.165, 1.54) is 24.3 Å². The Hall–Kier alpha value is -2.11. The van der Waals surface area contributed by atoms with Gasteiger partial charge in [0, 0.05) is 12.1 Å². The fourth-order valence-corrected chi connectivity index (χ4v) is 1.57. The predicted octanol–water partition coefficient (Wildman–Crippen LogP) is 2.91. The van der Waals surface area contributed by atoms with Crippen molar-refractivity contribution >= 4 is 11.8 Å². The van der Waals surface area contributed by atoms with Gasteiger partial charge in [0.2, 0.25) is 0 Å². The Labute approximate surface area is 104 Å². The summed E-state index contributed by atoms with van der Waals surface area (Å²) in [6, 6.07) is 5.27. The molecule has 0 saturated heterocycles. The molecule has 1 aliphatic rings. The highest BCUT2D eigenvalue weighted by Crippen LogP contribution is 2.34. The van der Waals surface area contributed by atoms with Crippen LogP contribution in [0.5, 0.6) is 5.75 Å². The monoisotopic (exact) mass is 251 g/mol. The Bertz CT molecular complexity index is 452. The highest BCUT2D eigenvalue weighted by Gasteiger charge is 2.31. The van der Waals surface area contributed by atoms with E-state index >= 15 is 0 Å². The topological polar surface area (TPSA) is 78.7 Å². The van der Waals surface area contributed by atoms with Crippen molar-refractivity contribution in [1.29, 1.82) is 0 Å². The lowest BCUT2D eigenvalue weighted by atomic mass is 10.3. The lowest BCUT2D eigenvalue weighted by molar-refractivity contribution is -0.384. The van der Waals surface area contributed by atoms with Crippen molar-refractivity contribution in [3.8, 4) is 5.75 Å². The number of rotatable bonds is 4. The Kier molecular flexibility index (Phi) is 3.45. The molecule has 1 aromatic carbocycles. The minimum atomic E-state index is -0.775. The second-order valence-corrected chi connectivity index (χ2v) is 4.26. The van der Waals surface area contributed by atoms with Crippen LogP contribution in [0.1, 0.15) is 19.8 Å². The van der Waals surface area contributed by atoms with Crippen molar-refractivity contribution in [1.82, 2.24) is 0 Å². The summed E-state index contributed by atoms with van der Waals surface area (Å²) in [5.74, 6) is 0.669. The number of non-ortho nitro benzene ring substituents is 1. The molecule has 6 nitrogen and oxygen atoms in total. The maximum atomic E-state index is 11.4. The van der Waals surface area contributed by atoms with Crippen LogP contribution in [0.3, 0.4) is 0 Å². The van der Waals surface area contributed by atoms with Crippen molar-refractivity contribution in [2.24, 2.45) is 5.92 Å². The first-order valence-electron chi connectivity index (χ1n) is 5.69. The lowest BCUT2D eigenvalue weighted by Gasteiger charge is -2.11. The maximum absolute atomic E-state index is 11.4. The van der Waals surface area contributed by atoms with Gasteiger partial charge in [-0.1, -0.05) is 0 Å². The number of hydrogen-bond donors (Lipinski definition) is 0. The molecular weight excluding hydrogens is 238 g/mol. The summed E-state index contributed by atoms with van der Waals surface area (Å²) in [4.78, 5) is 21.3. The summed E-state index contributed by atoms with van der Waals surface area (Å²) in [6.45, 7) is 1.83. The highest BCUT2D eigenvalue weighted by atomic mass is 16.7. The first-order chi connectivity index (χ1) is 8.56. The first kappa shape index (κ1) is 12.3. The number of ether oxygens (including phenoxy) is 2. The molecule has 96 valence electrons. The van der Waals surface area contributed by atoms with Gasteiger partial charge in [-0.25, -0.2) is 4.79 Å². The summed E-state index contributed by atoms with van der Waals surface area (Å²) in [6.07, 6.45) is 1.23. The third kappa shape index (κ3) is 3.19. The third-order valence-electron chi connectivity index (χ3n) is 2.82. The van der Waals surface area contributed by atoms with E-state index in [9.17, 15) is 14.9 Å². The van der Waals surface area contributed by atoms with Gasteiger partial charge in [0.1, 0.15) is 11.9 Å². The largest absolute Gasteiger partial charge is 0.514 e. The molecule has 0 heterocycles. The highest BCUT2D eigenvalue weighted by molar-refractivity contribution is 5.64. The molecule has 0 amide bonds. The number of nitro benzene ring substituents is 1. The molecule has 1 aliphatic carbocycles. The molecule has 6 heteroatoms. The van der Waals surface area contributed by atoms with Crippen molar-refractivity contribution in [3.05, 3.63) is 34.4 Å². The van der Waals surface area contributed by atoms with Crippen molar-refractivity contribution in [2.45, 2.75) is 25.9 Å². The molecule has 0 N–H and O–H groups in total. The van der Waals surface area contributed by atoms with Gasteiger partial charge < -0.3 is 9.47 Å². The van der Waals surface area contributed by atoms with Gasteiger partial charge in [0.05, 0.1) is 4.92 Å². The summed E-state index contributed by atoms with van der Waals surface area (Å²) in [5, 5.41) is 10.4. The lowest BCUT2D eigenvalue weighted by Crippen LogP contribution is -2.19. The molecular formula is C12H13NO5. The van der Waals surface area contributed by atoms with Gasteiger partial charge in [0.25, 0.3) is 5.69 Å². The normalized spacial score (nSPS) is 15.8. The number of nitro groups is 1. The Morgan fingerprint density at radius 1 is 1.39 bits per heavy atom. The van der Waals surface area contributed by atoms with E-state index in [2.05, 4.69) is 0 Å². The van der Waals surface area contributed by atoms with Crippen LogP contribution in [0.4, 0.5) is 10.5 Å². The summed E-state index contributed by atoms with van der Waals surface area (Å²) >= 11 is 0. The van der Waals surface area contributed by atoms with Gasteiger partial charge in [-0.15, -0.1) is 0 Å². The molecule has 0 spiro atoms. The molecule has 1 atom stereocenters. The third-order valence-corrected chi connectivity index (χ3v) is 2.82. The quantitative estimate of drug-likeness (QED) is 0.356. The zero-order valence-electron chi connectivity index (χ0n) is 9.87. The maximum Gasteiger partial charge on any atom is 0.514 e. The molecule has 2 rings (SSSR count).